The largest absolute Gasteiger partial charge is 0.397 e. The Morgan fingerprint density at radius 2 is 2.24 bits per heavy atom. The third kappa shape index (κ3) is 2.86. The fourth-order valence-corrected chi connectivity index (χ4v) is 4.70. The standard InChI is InChI=1S/C20H23N3OS/c1-3-13-6-7-16-14(9-13)10-15-17(21)18(25-19(15)22-16)20(24)23-8-4-5-12(2)11-23/h6-7,9-10,12H,3-5,8,11,21H2,1-2H3/t12-/m0/s1. The van der Waals surface area contributed by atoms with Crippen LogP contribution in [-0.4, -0.2) is 28.9 Å². The van der Waals surface area contributed by atoms with Crippen molar-refractivity contribution in [1.29, 1.82) is 0 Å². The van der Waals surface area contributed by atoms with Crippen LogP contribution in [0.5, 0.6) is 0 Å². The topological polar surface area (TPSA) is 59.2 Å². The van der Waals surface area contributed by atoms with E-state index in [-0.39, 0.29) is 5.91 Å². The molecule has 2 aromatic heterocycles. The highest BCUT2D eigenvalue weighted by atomic mass is 32.1. The van der Waals surface area contributed by atoms with Gasteiger partial charge >= 0.3 is 0 Å². The highest BCUT2D eigenvalue weighted by molar-refractivity contribution is 7.21. The molecule has 1 saturated heterocycles. The van der Waals surface area contributed by atoms with E-state index in [1.54, 1.807) is 0 Å². The summed E-state index contributed by atoms with van der Waals surface area (Å²) >= 11 is 1.42. The van der Waals surface area contributed by atoms with Crippen molar-refractivity contribution in [3.8, 4) is 0 Å². The quantitative estimate of drug-likeness (QED) is 0.739. The van der Waals surface area contributed by atoms with Crippen molar-refractivity contribution < 1.29 is 4.79 Å². The molecule has 0 radical (unpaired) electrons. The van der Waals surface area contributed by atoms with Crippen LogP contribution in [0, 0.1) is 5.92 Å². The van der Waals surface area contributed by atoms with Crippen LogP contribution in [-0.2, 0) is 6.42 Å². The number of fused-ring (bicyclic) bond motifs is 2. The first-order valence-corrected chi connectivity index (χ1v) is 9.79. The van der Waals surface area contributed by atoms with E-state index in [1.165, 1.54) is 23.3 Å². The van der Waals surface area contributed by atoms with Crippen LogP contribution >= 0.6 is 11.3 Å². The highest BCUT2D eigenvalue weighted by Crippen LogP contribution is 2.36. The minimum atomic E-state index is 0.0605. The van der Waals surface area contributed by atoms with Crippen molar-refractivity contribution in [1.82, 2.24) is 9.88 Å². The summed E-state index contributed by atoms with van der Waals surface area (Å²) in [5, 5.41) is 1.99. The number of pyridine rings is 1. The molecule has 5 heteroatoms. The van der Waals surface area contributed by atoms with E-state index in [1.807, 2.05) is 4.90 Å². The van der Waals surface area contributed by atoms with Gasteiger partial charge in [-0.05, 0) is 48.9 Å². The van der Waals surface area contributed by atoms with E-state index in [9.17, 15) is 4.79 Å². The van der Waals surface area contributed by atoms with Gasteiger partial charge in [0.05, 0.1) is 11.2 Å². The Morgan fingerprint density at radius 1 is 1.40 bits per heavy atom. The molecule has 4 nitrogen and oxygen atoms in total. The van der Waals surface area contributed by atoms with Gasteiger partial charge in [-0.1, -0.05) is 19.9 Å². The molecule has 1 aliphatic heterocycles. The Balaban J connectivity index is 1.78. The molecule has 1 aliphatic rings. The van der Waals surface area contributed by atoms with Gasteiger partial charge in [0.1, 0.15) is 9.71 Å². The van der Waals surface area contributed by atoms with Gasteiger partial charge in [-0.3, -0.25) is 4.79 Å². The number of benzene rings is 1. The maximum atomic E-state index is 13.0. The summed E-state index contributed by atoms with van der Waals surface area (Å²) in [4.78, 5) is 21.1. The number of amides is 1. The molecule has 3 heterocycles. The number of rotatable bonds is 2. The van der Waals surface area contributed by atoms with Crippen molar-refractivity contribution in [2.24, 2.45) is 5.92 Å². The van der Waals surface area contributed by atoms with E-state index in [0.29, 0.717) is 16.5 Å². The fourth-order valence-electron chi connectivity index (χ4n) is 3.65. The molecule has 1 aromatic carbocycles. The third-order valence-electron chi connectivity index (χ3n) is 5.12. The predicted molar refractivity (Wildman–Crippen MR) is 105 cm³/mol. The summed E-state index contributed by atoms with van der Waals surface area (Å²) in [6.07, 6.45) is 3.25. The van der Waals surface area contributed by atoms with Crippen LogP contribution in [0.3, 0.4) is 0 Å². The lowest BCUT2D eigenvalue weighted by atomic mass is 10.00. The number of anilines is 1. The number of piperidine rings is 1. The van der Waals surface area contributed by atoms with Gasteiger partial charge < -0.3 is 10.6 Å². The zero-order chi connectivity index (χ0) is 17.6. The zero-order valence-electron chi connectivity index (χ0n) is 14.7. The molecule has 0 unspecified atom stereocenters. The summed E-state index contributed by atoms with van der Waals surface area (Å²) in [6, 6.07) is 8.40. The Hall–Kier alpha value is -2.14. The molecule has 0 spiro atoms. The second-order valence-electron chi connectivity index (χ2n) is 7.07. The van der Waals surface area contributed by atoms with Crippen LogP contribution in [0.2, 0.25) is 0 Å². The van der Waals surface area contributed by atoms with Gasteiger partial charge in [-0.25, -0.2) is 4.98 Å². The van der Waals surface area contributed by atoms with Gasteiger partial charge in [0, 0.05) is 23.9 Å². The lowest BCUT2D eigenvalue weighted by molar-refractivity contribution is 0.0689. The predicted octanol–water partition coefficient (Wildman–Crippen LogP) is 4.47. The molecule has 0 saturated carbocycles. The molecular weight excluding hydrogens is 330 g/mol. The number of nitrogens with zero attached hydrogens (tertiary/aromatic N) is 2. The molecule has 1 amide bonds. The third-order valence-corrected chi connectivity index (χ3v) is 6.23. The summed E-state index contributed by atoms with van der Waals surface area (Å²) < 4.78 is 0. The zero-order valence-corrected chi connectivity index (χ0v) is 15.5. The number of carbonyl (C=O) groups excluding carboxylic acids is 1. The van der Waals surface area contributed by atoms with Gasteiger partial charge in [0.25, 0.3) is 5.91 Å². The highest BCUT2D eigenvalue weighted by Gasteiger charge is 2.26. The minimum Gasteiger partial charge on any atom is -0.397 e. The van der Waals surface area contributed by atoms with Crippen LogP contribution < -0.4 is 5.73 Å². The van der Waals surface area contributed by atoms with Gasteiger partial charge in [0.2, 0.25) is 0 Å². The molecule has 3 aromatic rings. The molecule has 0 bridgehead atoms. The number of thiophene rings is 1. The van der Waals surface area contributed by atoms with Crippen molar-refractivity contribution in [3.63, 3.8) is 0 Å². The maximum absolute atomic E-state index is 13.0. The van der Waals surface area contributed by atoms with Crippen molar-refractivity contribution >= 4 is 44.1 Å². The second kappa shape index (κ2) is 6.30. The smallest absolute Gasteiger partial charge is 0.266 e. The number of carbonyl (C=O) groups is 1. The number of hydrogen-bond acceptors (Lipinski definition) is 4. The Kier molecular flexibility index (Phi) is 4.12. The maximum Gasteiger partial charge on any atom is 0.266 e. The number of aryl methyl sites for hydroxylation is 1. The molecule has 130 valence electrons. The SMILES string of the molecule is CCc1ccc2nc3sc(C(=O)N4CCC[C@H](C)C4)c(N)c3cc2c1. The molecule has 1 fully saturated rings. The Labute approximate surface area is 151 Å². The monoisotopic (exact) mass is 353 g/mol. The van der Waals surface area contributed by atoms with E-state index in [0.717, 1.165) is 47.1 Å². The summed E-state index contributed by atoms with van der Waals surface area (Å²) in [6.45, 7) is 5.99. The lowest BCUT2D eigenvalue weighted by Crippen LogP contribution is -2.38. The first kappa shape index (κ1) is 16.3. The number of hydrogen-bond donors (Lipinski definition) is 1. The first-order chi connectivity index (χ1) is 12.1. The van der Waals surface area contributed by atoms with Gasteiger partial charge in [-0.15, -0.1) is 11.3 Å². The molecule has 4 rings (SSSR count). The Bertz CT molecular complexity index is 962. The molecule has 25 heavy (non-hydrogen) atoms. The number of nitrogens with two attached hydrogens (primary N) is 1. The summed E-state index contributed by atoms with van der Waals surface area (Å²) in [7, 11) is 0. The average molecular weight is 353 g/mol. The van der Waals surface area contributed by atoms with Crippen molar-refractivity contribution in [2.45, 2.75) is 33.1 Å². The molecular formula is C20H23N3OS. The lowest BCUT2D eigenvalue weighted by Gasteiger charge is -2.30. The molecule has 0 aliphatic carbocycles. The van der Waals surface area contributed by atoms with Crippen molar-refractivity contribution in [2.75, 3.05) is 18.8 Å². The van der Waals surface area contributed by atoms with Crippen LogP contribution in [0.25, 0.3) is 21.1 Å². The van der Waals surface area contributed by atoms with E-state index in [2.05, 4.69) is 38.1 Å². The summed E-state index contributed by atoms with van der Waals surface area (Å²) in [5.41, 5.74) is 9.18. The Morgan fingerprint density at radius 3 is 3.00 bits per heavy atom. The minimum absolute atomic E-state index is 0.0605. The van der Waals surface area contributed by atoms with Crippen LogP contribution in [0.1, 0.15) is 41.9 Å². The average Bonchev–Trinajstić information content (AvgIpc) is 2.94. The summed E-state index contributed by atoms with van der Waals surface area (Å²) in [5.74, 6) is 0.617. The number of aromatic nitrogens is 1. The molecule has 2 N–H and O–H groups in total. The number of likely N-dealkylation sites (tertiary alicyclic amines) is 1. The van der Waals surface area contributed by atoms with E-state index in [4.69, 9.17) is 10.7 Å². The van der Waals surface area contributed by atoms with Crippen LogP contribution in [0.4, 0.5) is 5.69 Å². The van der Waals surface area contributed by atoms with Crippen LogP contribution in [0.15, 0.2) is 24.3 Å². The fraction of sp³-hybridized carbons (Fsp3) is 0.400. The molecule has 1 atom stereocenters. The normalized spacial score (nSPS) is 18.2. The number of nitrogen functional groups attached to an aromatic ring is 1. The van der Waals surface area contributed by atoms with E-state index >= 15 is 0 Å². The first-order valence-electron chi connectivity index (χ1n) is 8.97. The van der Waals surface area contributed by atoms with Gasteiger partial charge in [-0.2, -0.15) is 0 Å². The van der Waals surface area contributed by atoms with E-state index < -0.39 is 0 Å². The second-order valence-corrected chi connectivity index (χ2v) is 8.06. The van der Waals surface area contributed by atoms with Crippen molar-refractivity contribution in [3.05, 3.63) is 34.7 Å². The van der Waals surface area contributed by atoms with Gasteiger partial charge in [0.15, 0.2) is 0 Å².